The first-order chi connectivity index (χ1) is 7.24. The van der Waals surface area contributed by atoms with Crippen LogP contribution in [-0.2, 0) is 11.2 Å². The van der Waals surface area contributed by atoms with Crippen molar-refractivity contribution in [2.75, 3.05) is 17.3 Å². The summed E-state index contributed by atoms with van der Waals surface area (Å²) < 4.78 is 0. The number of anilines is 1. The molecule has 4 nitrogen and oxygen atoms in total. The Morgan fingerprint density at radius 2 is 2.40 bits per heavy atom. The molecular formula is C9H12ClN3OS. The topological polar surface area (TPSA) is 46.1 Å². The van der Waals surface area contributed by atoms with Gasteiger partial charge in [-0.1, -0.05) is 18.3 Å². The summed E-state index contributed by atoms with van der Waals surface area (Å²) in [5.74, 6) is 0.898. The van der Waals surface area contributed by atoms with E-state index in [1.54, 1.807) is 4.90 Å². The van der Waals surface area contributed by atoms with E-state index in [4.69, 9.17) is 11.6 Å². The van der Waals surface area contributed by atoms with Crippen molar-refractivity contribution < 1.29 is 4.79 Å². The minimum absolute atomic E-state index is 0.111. The Labute approximate surface area is 97.3 Å². The summed E-state index contributed by atoms with van der Waals surface area (Å²) in [6, 6.07) is 0. The van der Waals surface area contributed by atoms with Crippen molar-refractivity contribution in [3.05, 3.63) is 5.01 Å². The minimum atomic E-state index is 0.111. The molecule has 82 valence electrons. The zero-order valence-corrected chi connectivity index (χ0v) is 10.0. The molecule has 0 bridgehead atoms. The van der Waals surface area contributed by atoms with E-state index in [9.17, 15) is 4.79 Å². The number of halogens is 1. The quantitative estimate of drug-likeness (QED) is 0.762. The van der Waals surface area contributed by atoms with Crippen molar-refractivity contribution in [3.8, 4) is 0 Å². The lowest BCUT2D eigenvalue weighted by Gasteiger charge is -2.10. The lowest BCUT2D eigenvalue weighted by molar-refractivity contribution is -0.117. The lowest BCUT2D eigenvalue weighted by Crippen LogP contribution is -2.24. The van der Waals surface area contributed by atoms with Gasteiger partial charge in [0, 0.05) is 18.8 Å². The van der Waals surface area contributed by atoms with Crippen LogP contribution in [-0.4, -0.2) is 28.5 Å². The van der Waals surface area contributed by atoms with Gasteiger partial charge in [-0.25, -0.2) is 0 Å². The fourth-order valence-electron chi connectivity index (χ4n) is 1.57. The molecular weight excluding hydrogens is 234 g/mol. The summed E-state index contributed by atoms with van der Waals surface area (Å²) in [4.78, 5) is 13.3. The van der Waals surface area contributed by atoms with Crippen molar-refractivity contribution in [2.24, 2.45) is 5.92 Å². The van der Waals surface area contributed by atoms with E-state index in [0.29, 0.717) is 24.0 Å². The summed E-state index contributed by atoms with van der Waals surface area (Å²) >= 11 is 7.23. The third kappa shape index (κ3) is 2.13. The Kier molecular flexibility index (Phi) is 3.21. The van der Waals surface area contributed by atoms with Crippen LogP contribution in [0.1, 0.15) is 18.4 Å². The molecule has 1 aliphatic rings. The van der Waals surface area contributed by atoms with E-state index in [2.05, 4.69) is 10.2 Å². The summed E-state index contributed by atoms with van der Waals surface area (Å²) in [6.45, 7) is 2.71. The predicted octanol–water partition coefficient (Wildman–Crippen LogP) is 1.69. The minimum Gasteiger partial charge on any atom is -0.286 e. The van der Waals surface area contributed by atoms with Crippen LogP contribution in [0.15, 0.2) is 0 Å². The maximum Gasteiger partial charge on any atom is 0.229 e. The van der Waals surface area contributed by atoms with Gasteiger partial charge in [0.1, 0.15) is 5.01 Å². The molecule has 1 unspecified atom stereocenters. The van der Waals surface area contributed by atoms with Gasteiger partial charge in [-0.3, -0.25) is 9.69 Å². The van der Waals surface area contributed by atoms with E-state index in [0.717, 1.165) is 11.4 Å². The molecule has 0 saturated carbocycles. The van der Waals surface area contributed by atoms with Gasteiger partial charge in [0.05, 0.1) is 0 Å². The molecule has 1 saturated heterocycles. The Balaban J connectivity index is 2.14. The van der Waals surface area contributed by atoms with Gasteiger partial charge in [-0.15, -0.1) is 21.8 Å². The number of hydrogen-bond acceptors (Lipinski definition) is 4. The van der Waals surface area contributed by atoms with Gasteiger partial charge in [0.15, 0.2) is 0 Å². The maximum absolute atomic E-state index is 11.6. The van der Waals surface area contributed by atoms with Crippen molar-refractivity contribution in [2.45, 2.75) is 19.8 Å². The second kappa shape index (κ2) is 4.45. The van der Waals surface area contributed by atoms with E-state index in [1.165, 1.54) is 11.3 Å². The van der Waals surface area contributed by atoms with Crippen LogP contribution >= 0.6 is 22.9 Å². The Bertz CT molecular complexity index is 368. The fourth-order valence-corrected chi connectivity index (χ4v) is 2.58. The Morgan fingerprint density at radius 3 is 2.93 bits per heavy atom. The van der Waals surface area contributed by atoms with E-state index in [-0.39, 0.29) is 11.8 Å². The second-order valence-corrected chi connectivity index (χ2v) is 4.91. The number of aryl methyl sites for hydroxylation is 1. The first-order valence-electron chi connectivity index (χ1n) is 4.93. The zero-order chi connectivity index (χ0) is 10.8. The molecule has 2 rings (SSSR count). The highest BCUT2D eigenvalue weighted by atomic mass is 35.5. The molecule has 0 N–H and O–H groups in total. The van der Waals surface area contributed by atoms with Crippen molar-refractivity contribution in [1.82, 2.24) is 10.2 Å². The molecule has 2 heterocycles. The highest BCUT2D eigenvalue weighted by Crippen LogP contribution is 2.28. The second-order valence-electron chi connectivity index (χ2n) is 3.56. The first kappa shape index (κ1) is 10.8. The standard InChI is InChI=1S/C9H12ClN3OS/c1-2-7-11-12-9(15-7)13-5-6(4-10)3-8(13)14/h6H,2-5H2,1H3. The van der Waals surface area contributed by atoms with E-state index >= 15 is 0 Å². The maximum atomic E-state index is 11.6. The number of aromatic nitrogens is 2. The van der Waals surface area contributed by atoms with Crippen LogP contribution in [0.5, 0.6) is 0 Å². The summed E-state index contributed by atoms with van der Waals surface area (Å²) in [7, 11) is 0. The van der Waals surface area contributed by atoms with E-state index < -0.39 is 0 Å². The van der Waals surface area contributed by atoms with Crippen LogP contribution in [0, 0.1) is 5.92 Å². The molecule has 1 aromatic heterocycles. The average molecular weight is 246 g/mol. The molecule has 0 spiro atoms. The number of alkyl halides is 1. The van der Waals surface area contributed by atoms with Crippen molar-refractivity contribution >= 4 is 34.0 Å². The molecule has 1 atom stereocenters. The Hall–Kier alpha value is -0.680. The summed E-state index contributed by atoms with van der Waals surface area (Å²) in [5, 5.41) is 9.70. The first-order valence-corrected chi connectivity index (χ1v) is 6.28. The monoisotopic (exact) mass is 245 g/mol. The highest BCUT2D eigenvalue weighted by molar-refractivity contribution is 7.15. The molecule has 1 aromatic rings. The van der Waals surface area contributed by atoms with Gasteiger partial charge in [0.25, 0.3) is 0 Å². The van der Waals surface area contributed by atoms with Crippen LogP contribution in [0.4, 0.5) is 5.13 Å². The normalized spacial score (nSPS) is 21.3. The number of rotatable bonds is 3. The van der Waals surface area contributed by atoms with Gasteiger partial charge in [-0.05, 0) is 12.3 Å². The third-order valence-electron chi connectivity index (χ3n) is 2.41. The van der Waals surface area contributed by atoms with Crippen LogP contribution in [0.2, 0.25) is 0 Å². The number of nitrogens with zero attached hydrogens (tertiary/aromatic N) is 3. The highest BCUT2D eigenvalue weighted by Gasteiger charge is 2.31. The van der Waals surface area contributed by atoms with Gasteiger partial charge in [0.2, 0.25) is 11.0 Å². The molecule has 0 aromatic carbocycles. The smallest absolute Gasteiger partial charge is 0.229 e. The number of amides is 1. The lowest BCUT2D eigenvalue weighted by atomic mass is 10.2. The van der Waals surface area contributed by atoms with Crippen molar-refractivity contribution in [1.29, 1.82) is 0 Å². The van der Waals surface area contributed by atoms with E-state index in [1.807, 2.05) is 6.92 Å². The number of carbonyl (C=O) groups is 1. The SMILES string of the molecule is CCc1nnc(N2CC(CCl)CC2=O)s1. The summed E-state index contributed by atoms with van der Waals surface area (Å²) in [5.41, 5.74) is 0. The summed E-state index contributed by atoms with van der Waals surface area (Å²) in [6.07, 6.45) is 1.39. The molecule has 1 fully saturated rings. The molecule has 6 heteroatoms. The molecule has 1 aliphatic heterocycles. The predicted molar refractivity (Wildman–Crippen MR) is 60.5 cm³/mol. The van der Waals surface area contributed by atoms with Crippen molar-refractivity contribution in [3.63, 3.8) is 0 Å². The molecule has 0 radical (unpaired) electrons. The fraction of sp³-hybridized carbons (Fsp3) is 0.667. The van der Waals surface area contributed by atoms with Gasteiger partial charge in [-0.2, -0.15) is 0 Å². The zero-order valence-electron chi connectivity index (χ0n) is 8.44. The van der Waals surface area contributed by atoms with Gasteiger partial charge < -0.3 is 0 Å². The average Bonchev–Trinajstić information content (AvgIpc) is 2.83. The number of hydrogen-bond donors (Lipinski definition) is 0. The molecule has 15 heavy (non-hydrogen) atoms. The van der Waals surface area contributed by atoms with Crippen LogP contribution in [0.3, 0.4) is 0 Å². The Morgan fingerprint density at radius 1 is 1.60 bits per heavy atom. The largest absolute Gasteiger partial charge is 0.286 e. The molecule has 0 aliphatic carbocycles. The number of carbonyl (C=O) groups excluding carboxylic acids is 1. The molecule has 1 amide bonds. The third-order valence-corrected chi connectivity index (χ3v) is 3.94. The van der Waals surface area contributed by atoms with Crippen LogP contribution < -0.4 is 4.90 Å². The van der Waals surface area contributed by atoms with Crippen LogP contribution in [0.25, 0.3) is 0 Å². The van der Waals surface area contributed by atoms with Gasteiger partial charge >= 0.3 is 0 Å².